The number of nitrogens with one attached hydrogen (secondary N) is 1. The Labute approximate surface area is 204 Å². The molecule has 0 aromatic heterocycles. The standard InChI is InChI=1S/C13H18N2O.C10H10F6.C3H8/c14-13(16)11-6-7-12(8-11)15-9-10-4-2-1-3-5-10;1-6(2)4-8(10(14,15)16)5-7(3)9(11,12)13;1-3-2/h1-5,11-12,15H,6-9H2,(H2,14,16);4-5H,3H2,1-2H3;3H2,1-2H3/b;8-5+;/t11?,12-;;/m1../s1. The molecule has 0 saturated heterocycles. The van der Waals surface area contributed by atoms with Crippen LogP contribution in [0.2, 0.25) is 0 Å². The van der Waals surface area contributed by atoms with Gasteiger partial charge in [-0.2, -0.15) is 26.3 Å². The van der Waals surface area contributed by atoms with E-state index in [1.165, 1.54) is 25.8 Å². The minimum atomic E-state index is -4.86. The Morgan fingerprint density at radius 1 is 1.03 bits per heavy atom. The summed E-state index contributed by atoms with van der Waals surface area (Å²) in [6.07, 6.45) is -4.92. The first-order valence-electron chi connectivity index (χ1n) is 11.4. The van der Waals surface area contributed by atoms with E-state index in [0.29, 0.717) is 12.1 Å². The number of rotatable bonds is 6. The van der Waals surface area contributed by atoms with E-state index in [9.17, 15) is 31.1 Å². The summed E-state index contributed by atoms with van der Waals surface area (Å²) in [5.74, 6) is -0.0720. The van der Waals surface area contributed by atoms with Crippen LogP contribution in [0.3, 0.4) is 0 Å². The van der Waals surface area contributed by atoms with Crippen molar-refractivity contribution in [3.8, 4) is 0 Å². The van der Waals surface area contributed by atoms with Crippen LogP contribution in [0.5, 0.6) is 0 Å². The Morgan fingerprint density at radius 3 is 1.97 bits per heavy atom. The molecule has 9 heteroatoms. The predicted molar refractivity (Wildman–Crippen MR) is 128 cm³/mol. The second kappa shape index (κ2) is 15.4. The third-order valence-corrected chi connectivity index (χ3v) is 4.74. The Bertz CT molecular complexity index is 838. The molecular weight excluding hydrogens is 470 g/mol. The van der Waals surface area contributed by atoms with Gasteiger partial charge in [0.05, 0.1) is 5.57 Å². The van der Waals surface area contributed by atoms with Crippen LogP contribution in [-0.2, 0) is 11.3 Å². The van der Waals surface area contributed by atoms with Gasteiger partial charge < -0.3 is 11.1 Å². The first-order valence-corrected chi connectivity index (χ1v) is 11.4. The SMILES string of the molecule is C=C(/C=C(\C=C(C)C)C(F)(F)F)C(F)(F)F.CCC.NC(=O)C1CC[C@@H](NCc2ccccc2)C1. The Balaban J connectivity index is 0.000000594. The number of halogens is 6. The lowest BCUT2D eigenvalue weighted by Crippen LogP contribution is -2.28. The Morgan fingerprint density at radius 2 is 1.57 bits per heavy atom. The molecular formula is C26H36F6N2O. The lowest BCUT2D eigenvalue weighted by atomic mass is 10.1. The van der Waals surface area contributed by atoms with Crippen molar-refractivity contribution < 1.29 is 31.1 Å². The molecule has 2 rings (SSSR count). The van der Waals surface area contributed by atoms with E-state index >= 15 is 0 Å². The molecule has 198 valence electrons. The lowest BCUT2D eigenvalue weighted by Gasteiger charge is -2.12. The number of primary amides is 1. The van der Waals surface area contributed by atoms with E-state index in [1.54, 1.807) is 0 Å². The highest BCUT2D eigenvalue weighted by Crippen LogP contribution is 2.32. The molecule has 1 fully saturated rings. The average Bonchev–Trinajstić information content (AvgIpc) is 3.21. The van der Waals surface area contributed by atoms with E-state index < -0.39 is 23.5 Å². The highest BCUT2D eigenvalue weighted by atomic mass is 19.4. The van der Waals surface area contributed by atoms with Crippen LogP contribution < -0.4 is 11.1 Å². The van der Waals surface area contributed by atoms with Crippen molar-refractivity contribution in [2.75, 3.05) is 0 Å². The third-order valence-electron chi connectivity index (χ3n) is 4.74. The largest absolute Gasteiger partial charge is 0.416 e. The molecule has 0 bridgehead atoms. The van der Waals surface area contributed by atoms with E-state index in [4.69, 9.17) is 5.73 Å². The number of alkyl halides is 6. The zero-order valence-electron chi connectivity index (χ0n) is 20.7. The van der Waals surface area contributed by atoms with Crippen molar-refractivity contribution in [3.63, 3.8) is 0 Å². The summed E-state index contributed by atoms with van der Waals surface area (Å²) >= 11 is 0. The zero-order valence-corrected chi connectivity index (χ0v) is 20.7. The molecule has 35 heavy (non-hydrogen) atoms. The van der Waals surface area contributed by atoms with Crippen LogP contribution in [0.25, 0.3) is 0 Å². The first kappa shape index (κ1) is 32.5. The van der Waals surface area contributed by atoms with Crippen molar-refractivity contribution in [1.82, 2.24) is 5.32 Å². The van der Waals surface area contributed by atoms with Gasteiger partial charge in [0.1, 0.15) is 0 Å². The molecule has 1 aliphatic carbocycles. The van der Waals surface area contributed by atoms with E-state index in [0.717, 1.165) is 25.8 Å². The summed E-state index contributed by atoms with van der Waals surface area (Å²) in [5, 5.41) is 3.47. The van der Waals surface area contributed by atoms with Crippen molar-refractivity contribution in [2.45, 2.75) is 78.3 Å². The quantitative estimate of drug-likeness (QED) is 0.312. The molecule has 2 atom stereocenters. The fourth-order valence-corrected chi connectivity index (χ4v) is 3.07. The Hall–Kier alpha value is -2.55. The molecule has 0 spiro atoms. The fraction of sp³-hybridized carbons (Fsp3) is 0.500. The third kappa shape index (κ3) is 14.4. The zero-order chi connectivity index (χ0) is 27.2. The molecule has 0 heterocycles. The van der Waals surface area contributed by atoms with Crippen molar-refractivity contribution in [1.29, 1.82) is 0 Å². The van der Waals surface area contributed by atoms with Crippen molar-refractivity contribution in [3.05, 3.63) is 71.3 Å². The molecule has 1 aromatic carbocycles. The molecule has 1 aliphatic rings. The van der Waals surface area contributed by atoms with E-state index in [1.807, 2.05) is 18.2 Å². The van der Waals surface area contributed by atoms with Gasteiger partial charge in [0.2, 0.25) is 5.91 Å². The fourth-order valence-electron chi connectivity index (χ4n) is 3.07. The summed E-state index contributed by atoms with van der Waals surface area (Å²) in [5.41, 5.74) is 3.94. The summed E-state index contributed by atoms with van der Waals surface area (Å²) in [6, 6.07) is 10.7. The highest BCUT2D eigenvalue weighted by molar-refractivity contribution is 5.77. The maximum atomic E-state index is 12.3. The van der Waals surface area contributed by atoms with Crippen LogP contribution in [-0.4, -0.2) is 24.3 Å². The van der Waals surface area contributed by atoms with Crippen LogP contribution in [0.15, 0.2) is 65.8 Å². The maximum absolute atomic E-state index is 12.3. The average molecular weight is 507 g/mol. The van der Waals surface area contributed by atoms with Gasteiger partial charge in [0, 0.05) is 24.1 Å². The van der Waals surface area contributed by atoms with E-state index in [2.05, 4.69) is 37.9 Å². The van der Waals surface area contributed by atoms with Crippen LogP contribution >= 0.6 is 0 Å². The van der Waals surface area contributed by atoms with Crippen LogP contribution in [0.4, 0.5) is 26.3 Å². The normalized spacial score (nSPS) is 17.9. The number of hydrogen-bond acceptors (Lipinski definition) is 2. The highest BCUT2D eigenvalue weighted by Gasteiger charge is 2.36. The summed E-state index contributed by atoms with van der Waals surface area (Å²) < 4.78 is 72.9. The maximum Gasteiger partial charge on any atom is 0.416 e. The number of hydrogen-bond donors (Lipinski definition) is 2. The number of carbonyl (C=O) groups excluding carboxylic acids is 1. The second-order valence-corrected chi connectivity index (χ2v) is 8.52. The van der Waals surface area contributed by atoms with Crippen LogP contribution in [0.1, 0.15) is 58.9 Å². The van der Waals surface area contributed by atoms with Crippen LogP contribution in [0, 0.1) is 5.92 Å². The number of benzene rings is 1. The number of carbonyl (C=O) groups is 1. The Kier molecular flexibility index (Phi) is 14.3. The smallest absolute Gasteiger partial charge is 0.369 e. The number of allylic oxidation sites excluding steroid dienone is 5. The molecule has 3 nitrogen and oxygen atoms in total. The molecule has 0 aliphatic heterocycles. The van der Waals surface area contributed by atoms with Gasteiger partial charge in [-0.15, -0.1) is 0 Å². The first-order chi connectivity index (χ1) is 16.1. The lowest BCUT2D eigenvalue weighted by molar-refractivity contribution is -0.121. The minimum absolute atomic E-state index is 0.00694. The molecule has 0 radical (unpaired) electrons. The van der Waals surface area contributed by atoms with Gasteiger partial charge in [0.15, 0.2) is 0 Å². The van der Waals surface area contributed by atoms with Gasteiger partial charge in [0.25, 0.3) is 0 Å². The molecule has 1 unspecified atom stereocenters. The van der Waals surface area contributed by atoms with Crippen molar-refractivity contribution >= 4 is 5.91 Å². The van der Waals surface area contributed by atoms with Gasteiger partial charge in [-0.3, -0.25) is 4.79 Å². The molecule has 1 aromatic rings. The molecule has 3 N–H and O–H groups in total. The van der Waals surface area contributed by atoms with E-state index in [-0.39, 0.29) is 23.5 Å². The monoisotopic (exact) mass is 506 g/mol. The summed E-state index contributed by atoms with van der Waals surface area (Å²) in [6.45, 7) is 10.4. The number of amides is 1. The summed E-state index contributed by atoms with van der Waals surface area (Å²) in [7, 11) is 0. The van der Waals surface area contributed by atoms with Crippen molar-refractivity contribution in [2.24, 2.45) is 11.7 Å². The predicted octanol–water partition coefficient (Wildman–Crippen LogP) is 7.41. The minimum Gasteiger partial charge on any atom is -0.369 e. The topological polar surface area (TPSA) is 55.1 Å². The van der Waals surface area contributed by atoms with Gasteiger partial charge >= 0.3 is 12.4 Å². The van der Waals surface area contributed by atoms with Gasteiger partial charge in [-0.05, 0) is 44.7 Å². The van der Waals surface area contributed by atoms with Gasteiger partial charge in [-0.25, -0.2) is 0 Å². The second-order valence-electron chi connectivity index (χ2n) is 8.52. The summed E-state index contributed by atoms with van der Waals surface area (Å²) in [4.78, 5) is 11.0. The van der Waals surface area contributed by atoms with Gasteiger partial charge in [-0.1, -0.05) is 68.8 Å². The molecule has 1 amide bonds. The number of nitrogens with two attached hydrogens (primary N) is 1. The molecule has 1 saturated carbocycles.